The molecule has 0 aliphatic carbocycles. The van der Waals surface area contributed by atoms with Gasteiger partial charge in [0.25, 0.3) is 0 Å². The summed E-state index contributed by atoms with van der Waals surface area (Å²) in [5.41, 5.74) is 1.20. The molecule has 1 rings (SSSR count). The number of amides is 1. The Hall–Kier alpha value is -1.14. The maximum Gasteiger partial charge on any atom is 0.327 e. The van der Waals surface area contributed by atoms with Gasteiger partial charge in [0, 0.05) is 18.4 Å². The van der Waals surface area contributed by atoms with Crippen LogP contribution in [0, 0.1) is 0 Å². The SMILES string of the molecule is CC(=O)NC(CSSCc1ccccc1)C(=O)O. The van der Waals surface area contributed by atoms with E-state index in [0.717, 1.165) is 5.75 Å². The highest BCUT2D eigenvalue weighted by molar-refractivity contribution is 8.76. The van der Waals surface area contributed by atoms with Gasteiger partial charge in [-0.3, -0.25) is 4.79 Å². The Morgan fingerprint density at radius 1 is 1.28 bits per heavy atom. The molecule has 0 spiro atoms. The summed E-state index contributed by atoms with van der Waals surface area (Å²) >= 11 is 0. The summed E-state index contributed by atoms with van der Waals surface area (Å²) in [6, 6.07) is 9.12. The molecule has 1 amide bonds. The lowest BCUT2D eigenvalue weighted by Crippen LogP contribution is -2.41. The van der Waals surface area contributed by atoms with E-state index in [0.29, 0.717) is 5.75 Å². The van der Waals surface area contributed by atoms with E-state index in [2.05, 4.69) is 5.32 Å². The van der Waals surface area contributed by atoms with Crippen molar-refractivity contribution in [2.24, 2.45) is 0 Å². The van der Waals surface area contributed by atoms with Crippen LogP contribution in [0.4, 0.5) is 0 Å². The maximum absolute atomic E-state index is 10.9. The highest BCUT2D eigenvalue weighted by Gasteiger charge is 2.18. The molecule has 0 aliphatic rings. The van der Waals surface area contributed by atoms with Crippen molar-refractivity contribution >= 4 is 33.5 Å². The zero-order chi connectivity index (χ0) is 13.4. The van der Waals surface area contributed by atoms with Gasteiger partial charge in [-0.25, -0.2) is 4.79 Å². The lowest BCUT2D eigenvalue weighted by atomic mass is 10.2. The molecule has 0 aromatic heterocycles. The third kappa shape index (κ3) is 5.97. The van der Waals surface area contributed by atoms with E-state index in [1.807, 2.05) is 30.3 Å². The first-order valence-electron chi connectivity index (χ1n) is 5.38. The van der Waals surface area contributed by atoms with Gasteiger partial charge in [-0.1, -0.05) is 51.9 Å². The predicted octanol–water partition coefficient (Wildman–Crippen LogP) is 2.16. The molecule has 0 radical (unpaired) electrons. The summed E-state index contributed by atoms with van der Waals surface area (Å²) in [5.74, 6) is -0.154. The van der Waals surface area contributed by atoms with Crippen molar-refractivity contribution in [2.75, 3.05) is 5.75 Å². The van der Waals surface area contributed by atoms with Gasteiger partial charge in [-0.05, 0) is 5.56 Å². The van der Waals surface area contributed by atoms with Gasteiger partial charge in [0.05, 0.1) is 0 Å². The minimum absolute atomic E-state index is 0.323. The van der Waals surface area contributed by atoms with Crippen LogP contribution in [0.25, 0.3) is 0 Å². The molecule has 1 aromatic rings. The average Bonchev–Trinajstić information content (AvgIpc) is 2.33. The van der Waals surface area contributed by atoms with E-state index >= 15 is 0 Å². The Labute approximate surface area is 114 Å². The quantitative estimate of drug-likeness (QED) is 0.593. The summed E-state index contributed by atoms with van der Waals surface area (Å²) in [6.07, 6.45) is 0. The van der Waals surface area contributed by atoms with Crippen LogP contribution in [0.3, 0.4) is 0 Å². The first-order chi connectivity index (χ1) is 8.59. The van der Waals surface area contributed by atoms with Crippen molar-refractivity contribution < 1.29 is 14.7 Å². The van der Waals surface area contributed by atoms with Crippen LogP contribution in [-0.4, -0.2) is 28.8 Å². The standard InChI is InChI=1S/C12H15NO3S2/c1-9(14)13-11(12(15)16)8-18-17-7-10-5-3-2-4-6-10/h2-6,11H,7-8H2,1H3,(H,13,14)(H,15,16). The van der Waals surface area contributed by atoms with E-state index in [-0.39, 0.29) is 5.91 Å². The van der Waals surface area contributed by atoms with Gasteiger partial charge in [0.1, 0.15) is 6.04 Å². The molecule has 0 saturated heterocycles. The second kappa shape index (κ2) is 8.05. The number of carbonyl (C=O) groups is 2. The summed E-state index contributed by atoms with van der Waals surface area (Å²) < 4.78 is 0. The molecule has 6 heteroatoms. The van der Waals surface area contributed by atoms with Crippen molar-refractivity contribution in [3.8, 4) is 0 Å². The van der Waals surface area contributed by atoms with Gasteiger partial charge in [-0.15, -0.1) is 0 Å². The van der Waals surface area contributed by atoms with Gasteiger partial charge in [0.2, 0.25) is 5.91 Å². The van der Waals surface area contributed by atoms with Gasteiger partial charge in [0.15, 0.2) is 0 Å². The van der Waals surface area contributed by atoms with E-state index in [1.165, 1.54) is 23.3 Å². The first-order valence-corrected chi connectivity index (χ1v) is 7.86. The maximum atomic E-state index is 10.9. The lowest BCUT2D eigenvalue weighted by Gasteiger charge is -2.12. The van der Waals surface area contributed by atoms with E-state index in [1.54, 1.807) is 10.8 Å². The molecular weight excluding hydrogens is 270 g/mol. The Kier molecular flexibility index (Phi) is 6.67. The van der Waals surface area contributed by atoms with Crippen LogP contribution in [-0.2, 0) is 15.3 Å². The molecule has 0 fully saturated rings. The van der Waals surface area contributed by atoms with Crippen LogP contribution >= 0.6 is 21.6 Å². The first kappa shape index (κ1) is 14.9. The van der Waals surface area contributed by atoms with Crippen molar-refractivity contribution in [2.45, 2.75) is 18.7 Å². The Morgan fingerprint density at radius 3 is 2.50 bits per heavy atom. The molecule has 0 saturated carbocycles. The number of rotatable bonds is 7. The molecule has 1 aromatic carbocycles. The number of carboxylic acids is 1. The second-order valence-electron chi connectivity index (χ2n) is 3.62. The van der Waals surface area contributed by atoms with Crippen LogP contribution in [0.1, 0.15) is 12.5 Å². The van der Waals surface area contributed by atoms with Crippen LogP contribution in [0.15, 0.2) is 30.3 Å². The van der Waals surface area contributed by atoms with E-state index < -0.39 is 12.0 Å². The number of aliphatic carboxylic acids is 1. The van der Waals surface area contributed by atoms with Crippen LogP contribution in [0.2, 0.25) is 0 Å². The molecule has 4 nitrogen and oxygen atoms in total. The highest BCUT2D eigenvalue weighted by Crippen LogP contribution is 2.26. The normalized spacial score (nSPS) is 11.8. The largest absolute Gasteiger partial charge is 0.480 e. The van der Waals surface area contributed by atoms with Crippen molar-refractivity contribution in [1.29, 1.82) is 0 Å². The van der Waals surface area contributed by atoms with Gasteiger partial charge >= 0.3 is 5.97 Å². The molecule has 1 atom stereocenters. The summed E-state index contributed by atoms with van der Waals surface area (Å²) in [6.45, 7) is 1.32. The number of carbonyl (C=O) groups excluding carboxylic acids is 1. The summed E-state index contributed by atoms with van der Waals surface area (Å²) in [5, 5.41) is 11.3. The third-order valence-electron chi connectivity index (χ3n) is 2.06. The molecule has 2 N–H and O–H groups in total. The minimum Gasteiger partial charge on any atom is -0.480 e. The van der Waals surface area contributed by atoms with Crippen LogP contribution in [0.5, 0.6) is 0 Å². The summed E-state index contributed by atoms with van der Waals surface area (Å²) in [7, 11) is 3.03. The van der Waals surface area contributed by atoms with Crippen LogP contribution < -0.4 is 5.32 Å². The zero-order valence-corrected chi connectivity index (χ0v) is 11.6. The third-order valence-corrected chi connectivity index (χ3v) is 4.41. The van der Waals surface area contributed by atoms with Crippen molar-refractivity contribution in [1.82, 2.24) is 5.32 Å². The number of nitrogens with one attached hydrogen (secondary N) is 1. The number of hydrogen-bond donors (Lipinski definition) is 2. The predicted molar refractivity (Wildman–Crippen MR) is 75.4 cm³/mol. The Morgan fingerprint density at radius 2 is 1.94 bits per heavy atom. The average molecular weight is 285 g/mol. The number of hydrogen-bond acceptors (Lipinski definition) is 4. The molecular formula is C12H15NO3S2. The lowest BCUT2D eigenvalue weighted by molar-refractivity contribution is -0.140. The minimum atomic E-state index is -1.00. The highest BCUT2D eigenvalue weighted by atomic mass is 33.1. The van der Waals surface area contributed by atoms with Gasteiger partial charge in [-0.2, -0.15) is 0 Å². The molecule has 0 aliphatic heterocycles. The molecule has 98 valence electrons. The number of benzene rings is 1. The van der Waals surface area contributed by atoms with Crippen molar-refractivity contribution in [3.63, 3.8) is 0 Å². The van der Waals surface area contributed by atoms with Crippen molar-refractivity contribution in [3.05, 3.63) is 35.9 Å². The summed E-state index contributed by atoms with van der Waals surface area (Å²) in [4.78, 5) is 21.7. The Bertz CT molecular complexity index is 398. The smallest absolute Gasteiger partial charge is 0.327 e. The number of carboxylic acid groups (broad SMARTS) is 1. The van der Waals surface area contributed by atoms with E-state index in [4.69, 9.17) is 5.11 Å². The van der Waals surface area contributed by atoms with E-state index in [9.17, 15) is 9.59 Å². The fourth-order valence-electron chi connectivity index (χ4n) is 1.22. The monoisotopic (exact) mass is 285 g/mol. The fourth-order valence-corrected chi connectivity index (χ4v) is 3.45. The molecule has 0 heterocycles. The topological polar surface area (TPSA) is 66.4 Å². The van der Waals surface area contributed by atoms with Gasteiger partial charge < -0.3 is 10.4 Å². The second-order valence-corrected chi connectivity index (χ2v) is 6.13. The Balaban J connectivity index is 2.27. The molecule has 18 heavy (non-hydrogen) atoms. The zero-order valence-electron chi connectivity index (χ0n) is 9.96. The molecule has 0 bridgehead atoms. The molecule has 1 unspecified atom stereocenters. The fraction of sp³-hybridized carbons (Fsp3) is 0.333.